The maximum Gasteiger partial charge on any atom is 0.337 e. The number of amides is 1. The second kappa shape index (κ2) is 8.64. The van der Waals surface area contributed by atoms with Gasteiger partial charge in [0.05, 0.1) is 18.7 Å². The Kier molecular flexibility index (Phi) is 6.55. The van der Waals surface area contributed by atoms with Gasteiger partial charge in [0, 0.05) is 19.8 Å². The van der Waals surface area contributed by atoms with Crippen LogP contribution in [-0.4, -0.2) is 44.8 Å². The van der Waals surface area contributed by atoms with Crippen LogP contribution in [0.1, 0.15) is 28.8 Å². The van der Waals surface area contributed by atoms with E-state index in [9.17, 15) is 9.59 Å². The summed E-state index contributed by atoms with van der Waals surface area (Å²) in [4.78, 5) is 23.4. The van der Waals surface area contributed by atoms with Gasteiger partial charge in [-0.3, -0.25) is 4.79 Å². The fourth-order valence-corrected chi connectivity index (χ4v) is 2.66. The van der Waals surface area contributed by atoms with Gasteiger partial charge in [-0.05, 0) is 42.9 Å². The van der Waals surface area contributed by atoms with E-state index < -0.39 is 6.04 Å². The minimum Gasteiger partial charge on any atom is -0.465 e. The van der Waals surface area contributed by atoms with Gasteiger partial charge < -0.3 is 20.5 Å². The smallest absolute Gasteiger partial charge is 0.337 e. The molecule has 0 bridgehead atoms. The highest BCUT2D eigenvalue weighted by Crippen LogP contribution is 2.17. The Balaban J connectivity index is 1.75. The number of nitrogens with two attached hydrogens (primary N) is 1. The number of methoxy groups -OCH3 is 1. The van der Waals surface area contributed by atoms with Crippen molar-refractivity contribution < 1.29 is 19.1 Å². The zero-order chi connectivity index (χ0) is 16.7. The normalized spacial score (nSPS) is 16.6. The van der Waals surface area contributed by atoms with Crippen molar-refractivity contribution in [3.05, 3.63) is 35.4 Å². The molecule has 1 amide bonds. The first-order chi connectivity index (χ1) is 11.1. The van der Waals surface area contributed by atoms with E-state index in [0.717, 1.165) is 18.4 Å². The van der Waals surface area contributed by atoms with Gasteiger partial charge >= 0.3 is 5.97 Å². The summed E-state index contributed by atoms with van der Waals surface area (Å²) in [5, 5.41) is 2.88. The van der Waals surface area contributed by atoms with Crippen molar-refractivity contribution in [1.29, 1.82) is 0 Å². The van der Waals surface area contributed by atoms with Gasteiger partial charge in [-0.15, -0.1) is 0 Å². The Morgan fingerprint density at radius 1 is 1.30 bits per heavy atom. The van der Waals surface area contributed by atoms with E-state index in [1.54, 1.807) is 12.1 Å². The second-order valence-corrected chi connectivity index (χ2v) is 5.71. The molecule has 1 aliphatic rings. The molecule has 3 N–H and O–H groups in total. The summed E-state index contributed by atoms with van der Waals surface area (Å²) in [5.41, 5.74) is 7.58. The molecule has 6 nitrogen and oxygen atoms in total. The van der Waals surface area contributed by atoms with Gasteiger partial charge in [0.25, 0.3) is 0 Å². The number of nitrogens with one attached hydrogen (secondary N) is 1. The van der Waals surface area contributed by atoms with Gasteiger partial charge in [-0.25, -0.2) is 4.79 Å². The lowest BCUT2D eigenvalue weighted by atomic mass is 9.92. The van der Waals surface area contributed by atoms with E-state index in [1.165, 1.54) is 7.11 Å². The molecule has 1 fully saturated rings. The largest absolute Gasteiger partial charge is 0.465 e. The van der Waals surface area contributed by atoms with E-state index in [4.69, 9.17) is 10.5 Å². The van der Waals surface area contributed by atoms with Gasteiger partial charge in [0.1, 0.15) is 0 Å². The monoisotopic (exact) mass is 320 g/mol. The lowest BCUT2D eigenvalue weighted by molar-refractivity contribution is -0.124. The third-order valence-corrected chi connectivity index (χ3v) is 4.16. The van der Waals surface area contributed by atoms with Crippen LogP contribution in [0.15, 0.2) is 24.3 Å². The summed E-state index contributed by atoms with van der Waals surface area (Å²) in [6.45, 7) is 1.88. The Morgan fingerprint density at radius 2 is 1.96 bits per heavy atom. The molecule has 23 heavy (non-hydrogen) atoms. The quantitative estimate of drug-likeness (QED) is 0.760. The van der Waals surface area contributed by atoms with Crippen molar-refractivity contribution in [2.24, 2.45) is 11.7 Å². The standard InChI is InChI=1S/C17H24N2O4/c1-22-17(21)14-4-2-12(3-5-14)6-9-19-16(20)15(18)13-7-10-23-11-8-13/h2-5,13,15H,6-11,18H2,1H3,(H,19,20). The van der Waals surface area contributed by atoms with Crippen LogP contribution < -0.4 is 11.1 Å². The summed E-state index contributed by atoms with van der Waals surface area (Å²) in [5.74, 6) is -0.265. The number of carbonyl (C=O) groups excluding carboxylic acids is 2. The van der Waals surface area contributed by atoms with E-state index in [2.05, 4.69) is 10.1 Å². The van der Waals surface area contributed by atoms with Crippen molar-refractivity contribution in [3.63, 3.8) is 0 Å². The molecule has 6 heteroatoms. The molecule has 0 radical (unpaired) electrons. The number of rotatable bonds is 6. The van der Waals surface area contributed by atoms with Crippen LogP contribution in [0.3, 0.4) is 0 Å². The third kappa shape index (κ3) is 5.04. The molecule has 126 valence electrons. The molecule has 1 aromatic carbocycles. The first kappa shape index (κ1) is 17.4. The zero-order valence-electron chi connectivity index (χ0n) is 13.4. The third-order valence-electron chi connectivity index (χ3n) is 4.16. The number of hydrogen-bond donors (Lipinski definition) is 2. The van der Waals surface area contributed by atoms with Crippen molar-refractivity contribution in [3.8, 4) is 0 Å². The first-order valence-corrected chi connectivity index (χ1v) is 7.90. The molecular weight excluding hydrogens is 296 g/mol. The summed E-state index contributed by atoms with van der Waals surface area (Å²) < 4.78 is 9.94. The summed E-state index contributed by atoms with van der Waals surface area (Å²) >= 11 is 0. The molecule has 0 aromatic heterocycles. The predicted molar refractivity (Wildman–Crippen MR) is 86.0 cm³/mol. The first-order valence-electron chi connectivity index (χ1n) is 7.90. The van der Waals surface area contributed by atoms with Crippen molar-refractivity contribution >= 4 is 11.9 Å². The number of esters is 1. The summed E-state index contributed by atoms with van der Waals surface area (Å²) in [6, 6.07) is 6.68. The molecule has 1 aliphatic heterocycles. The highest BCUT2D eigenvalue weighted by molar-refractivity contribution is 5.89. The lowest BCUT2D eigenvalue weighted by Crippen LogP contribution is -2.47. The Bertz CT molecular complexity index is 524. The molecule has 1 unspecified atom stereocenters. The van der Waals surface area contributed by atoms with Crippen molar-refractivity contribution in [2.75, 3.05) is 26.9 Å². The molecule has 1 atom stereocenters. The molecule has 1 saturated heterocycles. The topological polar surface area (TPSA) is 90.7 Å². The molecular formula is C17H24N2O4. The van der Waals surface area contributed by atoms with E-state index >= 15 is 0 Å². The summed E-state index contributed by atoms with van der Waals surface area (Å²) in [7, 11) is 1.35. The minimum atomic E-state index is -0.472. The van der Waals surface area contributed by atoms with Crippen molar-refractivity contribution in [1.82, 2.24) is 5.32 Å². The summed E-state index contributed by atoms with van der Waals surface area (Å²) in [6.07, 6.45) is 2.36. The average molecular weight is 320 g/mol. The Labute approximate surface area is 136 Å². The van der Waals surface area contributed by atoms with Gasteiger partial charge in [-0.2, -0.15) is 0 Å². The highest BCUT2D eigenvalue weighted by Gasteiger charge is 2.26. The van der Waals surface area contributed by atoms with Crippen LogP contribution in [0.25, 0.3) is 0 Å². The SMILES string of the molecule is COC(=O)c1ccc(CCNC(=O)C(N)C2CCOCC2)cc1. The van der Waals surface area contributed by atoms with E-state index in [0.29, 0.717) is 31.7 Å². The van der Waals surface area contributed by atoms with Crippen molar-refractivity contribution in [2.45, 2.75) is 25.3 Å². The van der Waals surface area contributed by atoms with Crippen LogP contribution in [0.4, 0.5) is 0 Å². The second-order valence-electron chi connectivity index (χ2n) is 5.71. The van der Waals surface area contributed by atoms with Gasteiger partial charge in [-0.1, -0.05) is 12.1 Å². The molecule has 0 saturated carbocycles. The average Bonchev–Trinajstić information content (AvgIpc) is 2.61. The number of carbonyl (C=O) groups is 2. The van der Waals surface area contributed by atoms with Gasteiger partial charge in [0.15, 0.2) is 0 Å². The maximum atomic E-state index is 12.1. The maximum absolute atomic E-state index is 12.1. The fourth-order valence-electron chi connectivity index (χ4n) is 2.66. The van der Waals surface area contributed by atoms with E-state index in [-0.39, 0.29) is 17.8 Å². The van der Waals surface area contributed by atoms with E-state index in [1.807, 2.05) is 12.1 Å². The number of benzene rings is 1. The molecule has 2 rings (SSSR count). The van der Waals surface area contributed by atoms with Crippen LogP contribution >= 0.6 is 0 Å². The van der Waals surface area contributed by atoms with Crippen LogP contribution in [-0.2, 0) is 20.7 Å². The van der Waals surface area contributed by atoms with Crippen LogP contribution in [0.2, 0.25) is 0 Å². The minimum absolute atomic E-state index is 0.108. The Morgan fingerprint density at radius 3 is 2.57 bits per heavy atom. The number of ether oxygens (including phenoxy) is 2. The predicted octanol–water partition coefficient (Wildman–Crippen LogP) is 0.886. The zero-order valence-corrected chi connectivity index (χ0v) is 13.4. The Hall–Kier alpha value is -1.92. The fraction of sp³-hybridized carbons (Fsp3) is 0.529. The molecule has 1 heterocycles. The van der Waals surface area contributed by atoms with Crippen LogP contribution in [0, 0.1) is 5.92 Å². The molecule has 0 aliphatic carbocycles. The van der Waals surface area contributed by atoms with Gasteiger partial charge in [0.2, 0.25) is 5.91 Å². The van der Waals surface area contributed by atoms with Crippen LogP contribution in [0.5, 0.6) is 0 Å². The number of hydrogen-bond acceptors (Lipinski definition) is 5. The molecule has 0 spiro atoms. The lowest BCUT2D eigenvalue weighted by Gasteiger charge is -2.26. The highest BCUT2D eigenvalue weighted by atomic mass is 16.5. The molecule has 1 aromatic rings.